The van der Waals surface area contributed by atoms with Gasteiger partial charge < -0.3 is 5.73 Å². The molecule has 1 aliphatic rings. The van der Waals surface area contributed by atoms with Gasteiger partial charge in [0.2, 0.25) is 10.0 Å². The fourth-order valence-electron chi connectivity index (χ4n) is 2.53. The van der Waals surface area contributed by atoms with Crippen LogP contribution in [0.1, 0.15) is 22.7 Å². The lowest BCUT2D eigenvalue weighted by Crippen LogP contribution is -2.33. The average molecular weight is 303 g/mol. The molecule has 0 saturated carbocycles. The monoisotopic (exact) mass is 303 g/mol. The van der Waals surface area contributed by atoms with Crippen LogP contribution in [0.15, 0.2) is 47.5 Å². The third-order valence-electron chi connectivity index (χ3n) is 3.80. The molecule has 0 amide bonds. The Hall–Kier alpha value is -1.76. The first kappa shape index (κ1) is 14.2. The van der Waals surface area contributed by atoms with Crippen LogP contribution in [-0.4, -0.2) is 19.9 Å². The number of benzene rings is 1. The predicted octanol–water partition coefficient (Wildman–Crippen LogP) is 1.16. The van der Waals surface area contributed by atoms with Gasteiger partial charge in [0.25, 0.3) is 0 Å². The van der Waals surface area contributed by atoms with Gasteiger partial charge in [-0.1, -0.05) is 24.3 Å². The van der Waals surface area contributed by atoms with Gasteiger partial charge in [0.1, 0.15) is 4.90 Å². The molecule has 2 aromatic rings. The number of pyridine rings is 1. The summed E-state index contributed by atoms with van der Waals surface area (Å²) in [6, 6.07) is 11.3. The van der Waals surface area contributed by atoms with Gasteiger partial charge in [-0.2, -0.15) is 0 Å². The number of hydrogen-bond acceptors (Lipinski definition) is 4. The van der Waals surface area contributed by atoms with E-state index in [0.29, 0.717) is 18.8 Å². The number of nitrogens with two attached hydrogens (primary N) is 1. The van der Waals surface area contributed by atoms with Gasteiger partial charge in [0.05, 0.1) is 5.69 Å². The number of fused-ring (bicyclic) bond motifs is 1. The van der Waals surface area contributed by atoms with Crippen LogP contribution < -0.4 is 10.5 Å². The molecule has 0 saturated heterocycles. The van der Waals surface area contributed by atoms with Crippen molar-refractivity contribution in [3.05, 3.63) is 59.4 Å². The van der Waals surface area contributed by atoms with E-state index in [1.54, 1.807) is 6.07 Å². The van der Waals surface area contributed by atoms with Crippen molar-refractivity contribution in [3.63, 3.8) is 0 Å². The Labute approximate surface area is 124 Å². The highest BCUT2D eigenvalue weighted by Gasteiger charge is 2.27. The molecule has 0 fully saturated rings. The fraction of sp³-hybridized carbons (Fsp3) is 0.267. The Morgan fingerprint density at radius 2 is 2.05 bits per heavy atom. The summed E-state index contributed by atoms with van der Waals surface area (Å²) in [4.78, 5) is 4.19. The van der Waals surface area contributed by atoms with E-state index in [1.807, 2.05) is 12.1 Å². The van der Waals surface area contributed by atoms with Crippen LogP contribution in [0.2, 0.25) is 0 Å². The molecule has 0 spiro atoms. The largest absolute Gasteiger partial charge is 0.325 e. The lowest BCUT2D eigenvalue weighted by Gasteiger charge is -2.30. The average Bonchev–Trinajstić information content (AvgIpc) is 2.48. The molecule has 0 bridgehead atoms. The van der Waals surface area contributed by atoms with Crippen molar-refractivity contribution in [2.75, 3.05) is 6.54 Å². The first-order valence-electron chi connectivity index (χ1n) is 6.82. The smallest absolute Gasteiger partial charge is 0.242 e. The highest BCUT2D eigenvalue weighted by molar-refractivity contribution is 7.89. The summed E-state index contributed by atoms with van der Waals surface area (Å²) in [5.74, 6) is 0.257. The van der Waals surface area contributed by atoms with Gasteiger partial charge in [-0.05, 0) is 29.7 Å². The van der Waals surface area contributed by atoms with E-state index in [2.05, 4.69) is 21.8 Å². The van der Waals surface area contributed by atoms with Gasteiger partial charge in [0.15, 0.2) is 0 Å². The van der Waals surface area contributed by atoms with E-state index in [1.165, 1.54) is 23.4 Å². The van der Waals surface area contributed by atoms with Crippen molar-refractivity contribution in [3.8, 4) is 0 Å². The maximum atomic E-state index is 12.2. The van der Waals surface area contributed by atoms with Crippen molar-refractivity contribution in [2.24, 2.45) is 5.73 Å². The summed E-state index contributed by atoms with van der Waals surface area (Å²) in [5, 5.41) is 0. The highest BCUT2D eigenvalue weighted by Crippen LogP contribution is 2.34. The van der Waals surface area contributed by atoms with Gasteiger partial charge in [-0.15, -0.1) is 0 Å². The molecule has 1 atom stereocenters. The number of hydrogen-bond donors (Lipinski definition) is 2. The van der Waals surface area contributed by atoms with Crippen LogP contribution in [0.4, 0.5) is 0 Å². The molecular formula is C15H17N3O2S. The number of aromatic nitrogens is 1. The normalized spacial score (nSPS) is 17.1. The van der Waals surface area contributed by atoms with Crippen molar-refractivity contribution >= 4 is 10.0 Å². The van der Waals surface area contributed by atoms with E-state index in [9.17, 15) is 8.42 Å². The summed E-state index contributed by atoms with van der Waals surface area (Å²) < 4.78 is 27.1. The quantitative estimate of drug-likeness (QED) is 0.868. The van der Waals surface area contributed by atoms with Gasteiger partial charge in [-0.3, -0.25) is 4.98 Å². The fourth-order valence-corrected chi connectivity index (χ4v) is 3.56. The SMILES string of the molecule is NCc1ccc(S(=O)(=O)NCC2Cc3ccccc32)cn1. The van der Waals surface area contributed by atoms with E-state index >= 15 is 0 Å². The van der Waals surface area contributed by atoms with Gasteiger partial charge in [0, 0.05) is 25.2 Å². The molecule has 6 heteroatoms. The molecule has 3 rings (SSSR count). The van der Waals surface area contributed by atoms with Crippen LogP contribution in [0.3, 0.4) is 0 Å². The third kappa shape index (κ3) is 2.83. The minimum absolute atomic E-state index is 0.173. The van der Waals surface area contributed by atoms with Crippen LogP contribution >= 0.6 is 0 Å². The first-order valence-corrected chi connectivity index (χ1v) is 8.31. The highest BCUT2D eigenvalue weighted by atomic mass is 32.2. The topological polar surface area (TPSA) is 85.1 Å². The van der Waals surface area contributed by atoms with Crippen molar-refractivity contribution in [1.29, 1.82) is 0 Å². The van der Waals surface area contributed by atoms with Crippen LogP contribution in [0, 0.1) is 0 Å². The summed E-state index contributed by atoms with van der Waals surface area (Å²) in [6.07, 6.45) is 2.27. The number of nitrogens with one attached hydrogen (secondary N) is 1. The lowest BCUT2D eigenvalue weighted by atomic mass is 9.78. The maximum absolute atomic E-state index is 12.2. The van der Waals surface area contributed by atoms with Gasteiger partial charge >= 0.3 is 0 Å². The number of rotatable bonds is 5. The molecule has 0 aliphatic heterocycles. The second-order valence-electron chi connectivity index (χ2n) is 5.14. The van der Waals surface area contributed by atoms with E-state index in [4.69, 9.17) is 5.73 Å². The second-order valence-corrected chi connectivity index (χ2v) is 6.91. The van der Waals surface area contributed by atoms with Crippen molar-refractivity contribution in [2.45, 2.75) is 23.8 Å². The van der Waals surface area contributed by atoms with Crippen molar-refractivity contribution in [1.82, 2.24) is 9.71 Å². The zero-order valence-electron chi connectivity index (χ0n) is 11.5. The molecule has 1 unspecified atom stereocenters. The molecule has 0 radical (unpaired) electrons. The molecule has 110 valence electrons. The van der Waals surface area contributed by atoms with Crippen LogP contribution in [0.5, 0.6) is 0 Å². The molecule has 3 N–H and O–H groups in total. The Morgan fingerprint density at radius 1 is 1.24 bits per heavy atom. The van der Waals surface area contributed by atoms with E-state index < -0.39 is 10.0 Å². The molecular weight excluding hydrogens is 286 g/mol. The zero-order chi connectivity index (χ0) is 14.9. The number of sulfonamides is 1. The minimum atomic E-state index is -3.51. The van der Waals surface area contributed by atoms with Crippen LogP contribution in [-0.2, 0) is 23.0 Å². The standard InChI is InChI=1S/C15H17N3O2S/c16-8-13-5-6-14(10-17-13)21(19,20)18-9-12-7-11-3-1-2-4-15(11)12/h1-6,10,12,18H,7-9,16H2. The predicted molar refractivity (Wildman–Crippen MR) is 80.2 cm³/mol. The molecule has 21 heavy (non-hydrogen) atoms. The number of nitrogens with zero attached hydrogens (tertiary/aromatic N) is 1. The van der Waals surface area contributed by atoms with Gasteiger partial charge in [-0.25, -0.2) is 13.1 Å². The molecule has 5 nitrogen and oxygen atoms in total. The van der Waals surface area contributed by atoms with E-state index in [-0.39, 0.29) is 10.8 Å². The first-order chi connectivity index (χ1) is 10.1. The minimum Gasteiger partial charge on any atom is -0.325 e. The maximum Gasteiger partial charge on any atom is 0.242 e. The second kappa shape index (κ2) is 5.55. The summed E-state index contributed by atoms with van der Waals surface area (Å²) in [7, 11) is -3.51. The Balaban J connectivity index is 1.67. The van der Waals surface area contributed by atoms with E-state index in [0.717, 1.165) is 6.42 Å². The lowest BCUT2D eigenvalue weighted by molar-refractivity contribution is 0.551. The van der Waals surface area contributed by atoms with Crippen LogP contribution in [0.25, 0.3) is 0 Å². The van der Waals surface area contributed by atoms with Crippen molar-refractivity contribution < 1.29 is 8.42 Å². The Bertz CT molecular complexity index is 742. The Kier molecular flexibility index (Phi) is 3.75. The summed E-state index contributed by atoms with van der Waals surface area (Å²) in [6.45, 7) is 0.713. The molecule has 1 heterocycles. The summed E-state index contributed by atoms with van der Waals surface area (Å²) >= 11 is 0. The molecule has 1 aromatic heterocycles. The Morgan fingerprint density at radius 3 is 2.71 bits per heavy atom. The molecule has 1 aromatic carbocycles. The third-order valence-corrected chi connectivity index (χ3v) is 5.21. The molecule has 1 aliphatic carbocycles. The zero-order valence-corrected chi connectivity index (χ0v) is 12.3. The summed E-state index contributed by atoms with van der Waals surface area (Å²) in [5.41, 5.74) is 8.65.